The Kier molecular flexibility index (Phi) is 8.91. The predicted molar refractivity (Wildman–Crippen MR) is 127 cm³/mol. The lowest BCUT2D eigenvalue weighted by molar-refractivity contribution is -0.140. The van der Waals surface area contributed by atoms with Crippen LogP contribution < -0.4 is 5.32 Å². The predicted octanol–water partition coefficient (Wildman–Crippen LogP) is 4.43. The average Bonchev–Trinajstić information content (AvgIpc) is 2.76. The Morgan fingerprint density at radius 2 is 1.73 bits per heavy atom. The normalized spacial score (nSPS) is 14.7. The molecule has 33 heavy (non-hydrogen) atoms. The number of aryl methyl sites for hydroxylation is 2. The number of hydrogen-bond acceptors (Lipinski definition) is 5. The molecule has 0 saturated heterocycles. The van der Waals surface area contributed by atoms with Gasteiger partial charge >= 0.3 is 11.9 Å². The number of hydrogen-bond donors (Lipinski definition) is 4. The highest BCUT2D eigenvalue weighted by Gasteiger charge is 2.24. The zero-order valence-corrected chi connectivity index (χ0v) is 19.1. The molecule has 2 aromatic rings. The van der Waals surface area contributed by atoms with Gasteiger partial charge in [-0.2, -0.15) is 0 Å². The van der Waals surface area contributed by atoms with Gasteiger partial charge in [0.2, 0.25) is 5.91 Å². The van der Waals surface area contributed by atoms with Crippen molar-refractivity contribution in [2.24, 2.45) is 0 Å². The number of carbonyl (C=O) groups is 3. The number of nitrogens with one attached hydrogen (secondary N) is 1. The van der Waals surface area contributed by atoms with Crippen LogP contribution in [0.4, 0.5) is 5.69 Å². The van der Waals surface area contributed by atoms with E-state index in [1.807, 2.05) is 12.1 Å². The lowest BCUT2D eigenvalue weighted by atomic mass is 9.89. The second-order valence-electron chi connectivity index (χ2n) is 8.27. The highest BCUT2D eigenvalue weighted by Crippen LogP contribution is 2.41. The minimum absolute atomic E-state index is 0.00370. The molecule has 0 bridgehead atoms. The first-order chi connectivity index (χ1) is 15.8. The maximum Gasteiger partial charge on any atom is 0.312 e. The molecule has 1 aliphatic carbocycles. The largest absolute Gasteiger partial charge is 0.481 e. The third-order valence-corrected chi connectivity index (χ3v) is 7.00. The maximum absolute atomic E-state index is 11.8. The van der Waals surface area contributed by atoms with Crippen molar-refractivity contribution in [3.8, 4) is 0 Å². The molecule has 7 nitrogen and oxygen atoms in total. The van der Waals surface area contributed by atoms with Gasteiger partial charge in [0.15, 0.2) is 0 Å². The maximum atomic E-state index is 11.8. The summed E-state index contributed by atoms with van der Waals surface area (Å²) in [6.45, 7) is 0. The number of carbonyl (C=O) groups excluding carboxylic acids is 1. The Balaban J connectivity index is 1.81. The molecule has 2 aromatic carbocycles. The summed E-state index contributed by atoms with van der Waals surface area (Å²) in [6.07, 6.45) is 3.78. The number of carboxylic acid groups (broad SMARTS) is 2. The molecular formula is C25H29NO6S. The van der Waals surface area contributed by atoms with Crippen molar-refractivity contribution in [3.05, 3.63) is 59.2 Å². The molecule has 8 heteroatoms. The third-order valence-electron chi connectivity index (χ3n) is 5.63. The van der Waals surface area contributed by atoms with E-state index in [9.17, 15) is 19.5 Å². The summed E-state index contributed by atoms with van der Waals surface area (Å²) in [5.74, 6) is -2.69. The molecule has 0 heterocycles. The summed E-state index contributed by atoms with van der Waals surface area (Å²) in [5, 5.41) is 31.0. The van der Waals surface area contributed by atoms with E-state index < -0.39 is 30.4 Å². The first-order valence-corrected chi connectivity index (χ1v) is 12.0. The van der Waals surface area contributed by atoms with Gasteiger partial charge in [-0.05, 0) is 73.4 Å². The van der Waals surface area contributed by atoms with Crippen LogP contribution in [0.15, 0.2) is 47.4 Å². The molecule has 0 radical (unpaired) electrons. The highest BCUT2D eigenvalue weighted by molar-refractivity contribution is 7.99. The lowest BCUT2D eigenvalue weighted by Crippen LogP contribution is -2.18. The van der Waals surface area contributed by atoms with Gasteiger partial charge in [0, 0.05) is 17.0 Å². The molecule has 0 aliphatic heterocycles. The van der Waals surface area contributed by atoms with Gasteiger partial charge in [0.1, 0.15) is 6.42 Å². The van der Waals surface area contributed by atoms with Crippen molar-refractivity contribution < 1.29 is 29.7 Å². The van der Waals surface area contributed by atoms with Crippen LogP contribution >= 0.6 is 11.8 Å². The van der Waals surface area contributed by atoms with Gasteiger partial charge in [0.25, 0.3) is 0 Å². The fourth-order valence-corrected chi connectivity index (χ4v) is 5.27. The van der Waals surface area contributed by atoms with Crippen LogP contribution in [-0.2, 0) is 27.2 Å². The number of thioether (sulfide) groups is 1. The van der Waals surface area contributed by atoms with Gasteiger partial charge in [-0.25, -0.2) is 0 Å². The monoisotopic (exact) mass is 471 g/mol. The van der Waals surface area contributed by atoms with Gasteiger partial charge in [-0.1, -0.05) is 24.3 Å². The van der Waals surface area contributed by atoms with E-state index in [0.29, 0.717) is 18.5 Å². The second kappa shape index (κ2) is 11.9. The zero-order valence-electron chi connectivity index (χ0n) is 18.3. The smallest absolute Gasteiger partial charge is 0.312 e. The minimum Gasteiger partial charge on any atom is -0.481 e. The van der Waals surface area contributed by atoms with Crippen molar-refractivity contribution >= 4 is 35.3 Å². The number of carboxylic acids is 2. The fourth-order valence-electron chi connectivity index (χ4n) is 4.05. The SMILES string of the molecule is O=C(O)CCCC(O)C(Sc1cccc(NC(=O)CC(=O)O)c1)c1ccc2c(c1)CCCC2. The highest BCUT2D eigenvalue weighted by atomic mass is 32.2. The number of amides is 1. The van der Waals surface area contributed by atoms with E-state index in [-0.39, 0.29) is 11.7 Å². The fraction of sp³-hybridized carbons (Fsp3) is 0.400. The van der Waals surface area contributed by atoms with E-state index >= 15 is 0 Å². The molecule has 0 aromatic heterocycles. The van der Waals surface area contributed by atoms with Crippen LogP contribution in [0.25, 0.3) is 0 Å². The van der Waals surface area contributed by atoms with Gasteiger partial charge in [-0.15, -0.1) is 11.8 Å². The minimum atomic E-state index is -1.20. The summed E-state index contributed by atoms with van der Waals surface area (Å²) in [5.41, 5.74) is 4.12. The number of benzene rings is 2. The van der Waals surface area contributed by atoms with E-state index in [0.717, 1.165) is 29.7 Å². The van der Waals surface area contributed by atoms with Crippen LogP contribution in [-0.4, -0.2) is 39.3 Å². The average molecular weight is 472 g/mol. The molecule has 2 unspecified atom stereocenters. The van der Waals surface area contributed by atoms with Crippen LogP contribution in [0, 0.1) is 0 Å². The van der Waals surface area contributed by atoms with Crippen molar-refractivity contribution in [2.45, 2.75) is 67.6 Å². The summed E-state index contributed by atoms with van der Waals surface area (Å²) in [7, 11) is 0. The van der Waals surface area contributed by atoms with E-state index in [2.05, 4.69) is 17.4 Å². The topological polar surface area (TPSA) is 124 Å². The molecular weight excluding hydrogens is 442 g/mol. The summed E-state index contributed by atoms with van der Waals surface area (Å²) in [4.78, 5) is 34.3. The Morgan fingerprint density at radius 3 is 2.45 bits per heavy atom. The quantitative estimate of drug-likeness (QED) is 0.282. The van der Waals surface area contributed by atoms with Gasteiger partial charge in [0.05, 0.1) is 11.4 Å². The van der Waals surface area contributed by atoms with Crippen molar-refractivity contribution in [3.63, 3.8) is 0 Å². The molecule has 0 saturated carbocycles. The van der Waals surface area contributed by atoms with E-state index in [1.165, 1.54) is 29.3 Å². The van der Waals surface area contributed by atoms with Gasteiger partial charge in [-0.3, -0.25) is 14.4 Å². The zero-order chi connectivity index (χ0) is 23.8. The standard InChI is InChI=1S/C25H29NO6S/c27-21(9-4-10-23(29)30)25(18-12-11-16-5-1-2-6-17(16)13-18)33-20-8-3-7-19(14-20)26-22(28)15-24(31)32/h3,7-8,11-14,21,25,27H,1-2,4-6,9-10,15H2,(H,26,28)(H,29,30)(H,31,32). The van der Waals surface area contributed by atoms with Crippen LogP contribution in [0.2, 0.25) is 0 Å². The molecule has 4 N–H and O–H groups in total. The number of rotatable bonds is 11. The summed E-state index contributed by atoms with van der Waals surface area (Å²) in [6, 6.07) is 13.4. The second-order valence-corrected chi connectivity index (χ2v) is 9.49. The van der Waals surface area contributed by atoms with Crippen LogP contribution in [0.3, 0.4) is 0 Å². The summed E-state index contributed by atoms with van der Waals surface area (Å²) < 4.78 is 0. The first kappa shape index (κ1) is 24.8. The number of anilines is 1. The van der Waals surface area contributed by atoms with Crippen LogP contribution in [0.5, 0.6) is 0 Å². The number of fused-ring (bicyclic) bond motifs is 1. The molecule has 1 aliphatic rings. The number of aliphatic hydroxyl groups is 1. The number of aliphatic carboxylic acids is 2. The van der Waals surface area contributed by atoms with Crippen molar-refractivity contribution in [1.29, 1.82) is 0 Å². The first-order valence-electron chi connectivity index (χ1n) is 11.1. The number of aliphatic hydroxyl groups excluding tert-OH is 1. The molecule has 3 rings (SSSR count). The summed E-state index contributed by atoms with van der Waals surface area (Å²) >= 11 is 1.45. The molecule has 2 atom stereocenters. The van der Waals surface area contributed by atoms with E-state index in [4.69, 9.17) is 10.2 Å². The van der Waals surface area contributed by atoms with Crippen molar-refractivity contribution in [1.82, 2.24) is 0 Å². The third kappa shape index (κ3) is 7.61. The Hall–Kier alpha value is -2.84. The van der Waals surface area contributed by atoms with Crippen molar-refractivity contribution in [2.75, 3.05) is 5.32 Å². The van der Waals surface area contributed by atoms with Crippen LogP contribution in [0.1, 0.15) is 60.5 Å². The molecule has 0 fully saturated rings. The molecule has 176 valence electrons. The Morgan fingerprint density at radius 1 is 0.970 bits per heavy atom. The van der Waals surface area contributed by atoms with Gasteiger partial charge < -0.3 is 20.6 Å². The molecule has 0 spiro atoms. The Labute approximate surface area is 197 Å². The van der Waals surface area contributed by atoms with E-state index in [1.54, 1.807) is 18.2 Å². The lowest BCUT2D eigenvalue weighted by Gasteiger charge is -2.25. The molecule has 1 amide bonds. The Bertz CT molecular complexity index is 1010.